The van der Waals surface area contributed by atoms with Crippen molar-refractivity contribution in [3.63, 3.8) is 0 Å². The molecule has 0 fully saturated rings. The number of aromatic nitrogens is 6. The number of tetrazole rings is 1. The summed E-state index contributed by atoms with van der Waals surface area (Å²) in [6, 6.07) is 7.60. The van der Waals surface area contributed by atoms with Crippen LogP contribution in [0.15, 0.2) is 30.6 Å². The minimum Gasteiger partial charge on any atom is -0.342 e. The Kier molecular flexibility index (Phi) is 4.68. The minimum absolute atomic E-state index is 0.154. The summed E-state index contributed by atoms with van der Waals surface area (Å²) in [5, 5.41) is 15.2. The lowest BCUT2D eigenvalue weighted by molar-refractivity contribution is 0.0923. The highest BCUT2D eigenvalue weighted by Crippen LogP contribution is 2.31. The lowest BCUT2D eigenvalue weighted by Gasteiger charge is -2.20. The Balaban J connectivity index is 1.70. The van der Waals surface area contributed by atoms with Crippen LogP contribution in [0.25, 0.3) is 16.0 Å². The third kappa shape index (κ3) is 3.18. The summed E-state index contributed by atoms with van der Waals surface area (Å²) in [6.45, 7) is 8.06. The van der Waals surface area contributed by atoms with Crippen LogP contribution in [-0.2, 0) is 0 Å². The van der Waals surface area contributed by atoms with Gasteiger partial charge in [0.25, 0.3) is 5.91 Å². The van der Waals surface area contributed by atoms with Gasteiger partial charge in [-0.2, -0.15) is 4.68 Å². The van der Waals surface area contributed by atoms with Crippen LogP contribution in [-0.4, -0.2) is 36.1 Å². The topological polar surface area (TPSA) is 101 Å². The van der Waals surface area contributed by atoms with Gasteiger partial charge in [-0.25, -0.2) is 4.98 Å². The van der Waals surface area contributed by atoms with Gasteiger partial charge in [0.2, 0.25) is 0 Å². The number of hydrogen-bond acceptors (Lipinski definition) is 6. The highest BCUT2D eigenvalue weighted by molar-refractivity contribution is 7.15. The van der Waals surface area contributed by atoms with Gasteiger partial charge in [0.15, 0.2) is 0 Å². The number of benzene rings is 1. The number of H-pyrrole nitrogens is 1. The standard InChI is InChI=1S/C19H21N7OS/c1-10(2)16(17-21-13-7-5-6-8-14(13)22-17)23-18(27)15-11(3)12(4)28-19(15)26-9-20-24-25-26/h5-10,16H,1-4H3,(H,21,22)(H,23,27). The highest BCUT2D eigenvalue weighted by Gasteiger charge is 2.27. The average molecular weight is 395 g/mol. The first-order valence-electron chi connectivity index (χ1n) is 9.04. The van der Waals surface area contributed by atoms with Crippen LogP contribution in [0, 0.1) is 19.8 Å². The predicted octanol–water partition coefficient (Wildman–Crippen LogP) is 3.34. The Morgan fingerprint density at radius 3 is 2.71 bits per heavy atom. The number of aryl methyl sites for hydroxylation is 1. The molecule has 3 heterocycles. The zero-order valence-electron chi connectivity index (χ0n) is 16.1. The van der Waals surface area contributed by atoms with E-state index in [1.807, 2.05) is 38.1 Å². The Morgan fingerprint density at radius 2 is 2.04 bits per heavy atom. The maximum Gasteiger partial charge on any atom is 0.255 e. The van der Waals surface area contributed by atoms with Crippen LogP contribution in [0.3, 0.4) is 0 Å². The van der Waals surface area contributed by atoms with Crippen molar-refractivity contribution in [2.24, 2.45) is 5.92 Å². The van der Waals surface area contributed by atoms with Crippen LogP contribution in [0.4, 0.5) is 0 Å². The van der Waals surface area contributed by atoms with Crippen LogP contribution in [0.1, 0.15) is 46.5 Å². The maximum absolute atomic E-state index is 13.3. The van der Waals surface area contributed by atoms with Crippen LogP contribution >= 0.6 is 11.3 Å². The molecule has 0 aliphatic carbocycles. The summed E-state index contributed by atoms with van der Waals surface area (Å²) < 4.78 is 1.53. The van der Waals surface area contributed by atoms with E-state index in [0.717, 1.165) is 27.3 Å². The monoisotopic (exact) mass is 395 g/mol. The Bertz CT molecular complexity index is 1090. The second-order valence-electron chi connectivity index (χ2n) is 7.05. The molecule has 4 aromatic rings. The van der Waals surface area contributed by atoms with Gasteiger partial charge in [0.05, 0.1) is 22.6 Å². The highest BCUT2D eigenvalue weighted by atomic mass is 32.1. The molecule has 28 heavy (non-hydrogen) atoms. The first-order valence-corrected chi connectivity index (χ1v) is 9.86. The SMILES string of the molecule is Cc1sc(-n2cnnn2)c(C(=O)NC(c2nc3ccccc3[nH]2)C(C)C)c1C. The van der Waals surface area contributed by atoms with Crippen molar-refractivity contribution in [1.29, 1.82) is 0 Å². The summed E-state index contributed by atoms with van der Waals surface area (Å²) in [6.07, 6.45) is 1.50. The predicted molar refractivity (Wildman–Crippen MR) is 108 cm³/mol. The van der Waals surface area contributed by atoms with Crippen molar-refractivity contribution in [3.8, 4) is 5.00 Å². The first kappa shape index (κ1) is 18.3. The smallest absolute Gasteiger partial charge is 0.255 e. The Labute approximate surface area is 166 Å². The molecule has 0 bridgehead atoms. The van der Waals surface area contributed by atoms with Crippen molar-refractivity contribution in [3.05, 3.63) is 52.4 Å². The fourth-order valence-electron chi connectivity index (χ4n) is 3.18. The van der Waals surface area contributed by atoms with E-state index in [1.165, 1.54) is 22.3 Å². The summed E-state index contributed by atoms with van der Waals surface area (Å²) in [4.78, 5) is 22.3. The number of hydrogen-bond donors (Lipinski definition) is 2. The minimum atomic E-state index is -0.249. The van der Waals surface area contributed by atoms with Gasteiger partial charge >= 0.3 is 0 Å². The number of carbonyl (C=O) groups excluding carboxylic acids is 1. The molecule has 0 saturated heterocycles. The van der Waals surface area contributed by atoms with Gasteiger partial charge in [-0.1, -0.05) is 26.0 Å². The number of nitrogens with one attached hydrogen (secondary N) is 2. The van der Waals surface area contributed by atoms with E-state index in [1.54, 1.807) is 0 Å². The third-order valence-corrected chi connectivity index (χ3v) is 6.00. The number of aromatic amines is 1. The number of nitrogens with zero attached hydrogens (tertiary/aromatic N) is 5. The molecule has 0 aliphatic rings. The van der Waals surface area contributed by atoms with Crippen molar-refractivity contribution < 1.29 is 4.79 Å². The maximum atomic E-state index is 13.3. The Morgan fingerprint density at radius 1 is 1.25 bits per heavy atom. The molecule has 8 nitrogen and oxygen atoms in total. The van der Waals surface area contributed by atoms with E-state index in [0.29, 0.717) is 10.6 Å². The van der Waals surface area contributed by atoms with Gasteiger partial charge in [-0.05, 0) is 47.9 Å². The Hall–Kier alpha value is -3.07. The molecule has 0 aliphatic heterocycles. The number of fused-ring (bicyclic) bond motifs is 1. The van der Waals surface area contributed by atoms with Gasteiger partial charge in [0, 0.05) is 4.88 Å². The lowest BCUT2D eigenvalue weighted by atomic mass is 10.0. The largest absolute Gasteiger partial charge is 0.342 e. The summed E-state index contributed by atoms with van der Waals surface area (Å²) in [7, 11) is 0. The zero-order chi connectivity index (χ0) is 19.8. The molecule has 1 unspecified atom stereocenters. The molecular formula is C19H21N7OS. The fraction of sp³-hybridized carbons (Fsp3) is 0.316. The van der Waals surface area contributed by atoms with Crippen molar-refractivity contribution in [2.75, 3.05) is 0 Å². The van der Waals surface area contributed by atoms with Crippen molar-refractivity contribution in [2.45, 2.75) is 33.7 Å². The lowest BCUT2D eigenvalue weighted by Crippen LogP contribution is -2.33. The molecule has 4 rings (SSSR count). The van der Waals surface area contributed by atoms with E-state index in [4.69, 9.17) is 0 Å². The van der Waals surface area contributed by atoms with E-state index in [-0.39, 0.29) is 17.9 Å². The normalized spacial score (nSPS) is 12.6. The van der Waals surface area contributed by atoms with Crippen molar-refractivity contribution in [1.82, 2.24) is 35.5 Å². The second kappa shape index (κ2) is 7.16. The molecule has 1 amide bonds. The van der Waals surface area contributed by atoms with Gasteiger partial charge < -0.3 is 10.3 Å². The quantitative estimate of drug-likeness (QED) is 0.540. The second-order valence-corrected chi connectivity index (χ2v) is 8.26. The van der Waals surface area contributed by atoms with Crippen LogP contribution < -0.4 is 5.32 Å². The number of imidazole rings is 1. The molecule has 144 valence electrons. The number of carbonyl (C=O) groups is 1. The number of thiophene rings is 1. The summed E-state index contributed by atoms with van der Waals surface area (Å²) in [5.74, 6) is 0.741. The van der Waals surface area contributed by atoms with Gasteiger partial charge in [-0.15, -0.1) is 16.4 Å². The van der Waals surface area contributed by atoms with Crippen LogP contribution in [0.5, 0.6) is 0 Å². The van der Waals surface area contributed by atoms with Crippen LogP contribution in [0.2, 0.25) is 0 Å². The molecule has 1 atom stereocenters. The van der Waals surface area contributed by atoms with E-state index in [9.17, 15) is 4.79 Å². The molecule has 3 aromatic heterocycles. The molecule has 0 spiro atoms. The molecule has 9 heteroatoms. The van der Waals surface area contributed by atoms with Gasteiger partial charge in [0.1, 0.15) is 17.2 Å². The van der Waals surface area contributed by atoms with E-state index < -0.39 is 0 Å². The summed E-state index contributed by atoms with van der Waals surface area (Å²) in [5.41, 5.74) is 3.36. The molecule has 0 saturated carbocycles. The van der Waals surface area contributed by atoms with Crippen molar-refractivity contribution >= 4 is 28.3 Å². The number of para-hydroxylation sites is 2. The number of amides is 1. The average Bonchev–Trinajstić information content (AvgIpc) is 3.38. The molecular weight excluding hydrogens is 374 g/mol. The third-order valence-electron chi connectivity index (χ3n) is 4.81. The molecule has 0 radical (unpaired) electrons. The van der Waals surface area contributed by atoms with E-state index in [2.05, 4.69) is 44.7 Å². The zero-order valence-corrected chi connectivity index (χ0v) is 16.9. The fourth-order valence-corrected chi connectivity index (χ4v) is 4.25. The molecule has 1 aromatic carbocycles. The summed E-state index contributed by atoms with van der Waals surface area (Å²) >= 11 is 1.50. The first-order chi connectivity index (χ1) is 13.5. The van der Waals surface area contributed by atoms with E-state index >= 15 is 0 Å². The number of rotatable bonds is 5. The molecule has 2 N–H and O–H groups in total. The van der Waals surface area contributed by atoms with Gasteiger partial charge in [-0.3, -0.25) is 4.79 Å².